The number of hydrogen-bond donors (Lipinski definition) is 1. The van der Waals surface area contributed by atoms with Crippen molar-refractivity contribution in [1.82, 2.24) is 9.47 Å². The van der Waals surface area contributed by atoms with Crippen molar-refractivity contribution in [2.75, 3.05) is 16.8 Å². The van der Waals surface area contributed by atoms with Crippen LogP contribution in [0, 0.1) is 11.3 Å². The SMILES string of the molecule is N#Cc1cccc(NC(=O)N(CC(=O)N2c3ccccc3-n3cccc3C2c2ccc(Cl)cc2)C2CC2)c1. The summed E-state index contributed by atoms with van der Waals surface area (Å²) < 4.78 is 2.10. The molecular weight excluding hydrogens is 498 g/mol. The van der Waals surface area contributed by atoms with Crippen molar-refractivity contribution in [1.29, 1.82) is 5.26 Å². The fraction of sp³-hybridized carbons (Fsp3) is 0.167. The van der Waals surface area contributed by atoms with Crippen molar-refractivity contribution in [3.8, 4) is 11.8 Å². The van der Waals surface area contributed by atoms with Gasteiger partial charge in [0.1, 0.15) is 12.6 Å². The second-order valence-electron chi connectivity index (χ2n) is 9.49. The van der Waals surface area contributed by atoms with E-state index in [1.807, 2.05) is 66.9 Å². The molecule has 1 N–H and O–H groups in total. The molecule has 2 aliphatic rings. The third kappa shape index (κ3) is 4.40. The van der Waals surface area contributed by atoms with Crippen molar-refractivity contribution in [2.45, 2.75) is 24.9 Å². The molecule has 188 valence electrons. The first-order valence-corrected chi connectivity index (χ1v) is 12.8. The van der Waals surface area contributed by atoms with Gasteiger partial charge in [0, 0.05) is 22.9 Å². The summed E-state index contributed by atoms with van der Waals surface area (Å²) >= 11 is 6.19. The van der Waals surface area contributed by atoms with Crippen molar-refractivity contribution in [3.05, 3.63) is 113 Å². The third-order valence-electron chi connectivity index (χ3n) is 6.97. The standard InChI is InChI=1S/C30H24ClN5O2/c31-22-12-10-21(11-13-22)29-27-9-4-16-34(27)25-7-1-2-8-26(25)36(29)28(37)19-35(24-14-15-24)30(38)33-23-6-3-5-20(17-23)18-32/h1-13,16-17,24,29H,14-15,19H2,(H,33,38). The van der Waals surface area contributed by atoms with Gasteiger partial charge in [-0.2, -0.15) is 5.26 Å². The number of aromatic nitrogens is 1. The Kier molecular flexibility index (Phi) is 6.10. The molecule has 0 radical (unpaired) electrons. The molecule has 1 aromatic heterocycles. The number of hydrogen-bond acceptors (Lipinski definition) is 3. The first-order chi connectivity index (χ1) is 18.5. The quantitative estimate of drug-likeness (QED) is 0.343. The second-order valence-corrected chi connectivity index (χ2v) is 9.93. The van der Waals surface area contributed by atoms with Crippen LogP contribution in [0.3, 0.4) is 0 Å². The summed E-state index contributed by atoms with van der Waals surface area (Å²) in [5, 5.41) is 12.7. The van der Waals surface area contributed by atoms with Crippen LogP contribution < -0.4 is 10.2 Å². The first-order valence-electron chi connectivity index (χ1n) is 12.5. The van der Waals surface area contributed by atoms with E-state index in [9.17, 15) is 14.9 Å². The molecule has 1 atom stereocenters. The van der Waals surface area contributed by atoms with E-state index in [1.54, 1.807) is 34.1 Å². The number of nitrogens with zero attached hydrogens (tertiary/aromatic N) is 4. The van der Waals surface area contributed by atoms with Gasteiger partial charge in [-0.3, -0.25) is 9.69 Å². The van der Waals surface area contributed by atoms with Crippen LogP contribution in [0.25, 0.3) is 5.69 Å². The highest BCUT2D eigenvalue weighted by Gasteiger charge is 2.40. The molecule has 4 aromatic rings. The molecule has 8 heteroatoms. The van der Waals surface area contributed by atoms with Crippen LogP contribution in [0.5, 0.6) is 0 Å². The second kappa shape index (κ2) is 9.73. The minimum absolute atomic E-state index is 0.00373. The number of rotatable bonds is 5. The van der Waals surface area contributed by atoms with Gasteiger partial charge in [-0.1, -0.05) is 41.9 Å². The highest BCUT2D eigenvalue weighted by molar-refractivity contribution is 6.30. The van der Waals surface area contributed by atoms with Crippen LogP contribution in [0.2, 0.25) is 5.02 Å². The molecule has 7 nitrogen and oxygen atoms in total. The molecule has 1 fully saturated rings. The molecule has 3 aromatic carbocycles. The molecule has 2 heterocycles. The van der Waals surface area contributed by atoms with Gasteiger partial charge in [0.2, 0.25) is 5.91 Å². The van der Waals surface area contributed by atoms with E-state index in [1.165, 1.54) is 0 Å². The van der Waals surface area contributed by atoms with Gasteiger partial charge in [0.15, 0.2) is 0 Å². The largest absolute Gasteiger partial charge is 0.322 e. The number of nitriles is 1. The van der Waals surface area contributed by atoms with Crippen molar-refractivity contribution in [2.24, 2.45) is 0 Å². The van der Waals surface area contributed by atoms with E-state index in [2.05, 4.69) is 16.0 Å². The van der Waals surface area contributed by atoms with Crippen LogP contribution in [0.4, 0.5) is 16.2 Å². The van der Waals surface area contributed by atoms with Crippen LogP contribution in [-0.2, 0) is 4.79 Å². The Morgan fingerprint density at radius 2 is 1.74 bits per heavy atom. The van der Waals surface area contributed by atoms with Crippen LogP contribution in [0.15, 0.2) is 91.1 Å². The van der Waals surface area contributed by atoms with Crippen molar-refractivity contribution >= 4 is 34.9 Å². The smallest absolute Gasteiger partial charge is 0.316 e. The summed E-state index contributed by atoms with van der Waals surface area (Å²) in [5.41, 5.74) is 4.53. The number of urea groups is 1. The molecule has 1 unspecified atom stereocenters. The summed E-state index contributed by atoms with van der Waals surface area (Å²) in [6.45, 7) is -0.0758. The van der Waals surface area contributed by atoms with Gasteiger partial charge < -0.3 is 14.8 Å². The number of carbonyl (C=O) groups excluding carboxylic acids is 2. The van der Waals surface area contributed by atoms with E-state index in [4.69, 9.17) is 11.6 Å². The maximum atomic E-state index is 14.2. The Morgan fingerprint density at radius 3 is 2.47 bits per heavy atom. The Hall–Kier alpha value is -4.54. The minimum Gasteiger partial charge on any atom is -0.316 e. The van der Waals surface area contributed by atoms with E-state index in [-0.39, 0.29) is 30.6 Å². The number of benzene rings is 3. The van der Waals surface area contributed by atoms with E-state index >= 15 is 0 Å². The number of halogens is 1. The third-order valence-corrected chi connectivity index (χ3v) is 7.22. The number of para-hydroxylation sites is 2. The lowest BCUT2D eigenvalue weighted by molar-refractivity contribution is -0.119. The monoisotopic (exact) mass is 521 g/mol. The van der Waals surface area contributed by atoms with Gasteiger partial charge >= 0.3 is 6.03 Å². The molecule has 1 saturated carbocycles. The Balaban J connectivity index is 1.35. The summed E-state index contributed by atoms with van der Waals surface area (Å²) in [5.74, 6) is -0.183. The van der Waals surface area contributed by atoms with Gasteiger partial charge in [-0.15, -0.1) is 0 Å². The topological polar surface area (TPSA) is 81.4 Å². The highest BCUT2D eigenvalue weighted by Crippen LogP contribution is 2.42. The number of nitrogens with one attached hydrogen (secondary N) is 1. The lowest BCUT2D eigenvalue weighted by Gasteiger charge is -2.39. The summed E-state index contributed by atoms with van der Waals surface area (Å²) in [4.78, 5) is 30.9. The maximum absolute atomic E-state index is 14.2. The zero-order valence-electron chi connectivity index (χ0n) is 20.4. The van der Waals surface area contributed by atoms with Gasteiger partial charge in [-0.25, -0.2) is 4.79 Å². The number of fused-ring (bicyclic) bond motifs is 3. The normalized spacial score (nSPS) is 15.7. The number of anilines is 2. The molecule has 1 aliphatic carbocycles. The van der Waals surface area contributed by atoms with E-state index in [0.717, 1.165) is 35.5 Å². The lowest BCUT2D eigenvalue weighted by Crippen LogP contribution is -2.48. The zero-order valence-corrected chi connectivity index (χ0v) is 21.2. The van der Waals surface area contributed by atoms with Crippen molar-refractivity contribution in [3.63, 3.8) is 0 Å². The summed E-state index contributed by atoms with van der Waals surface area (Å²) in [7, 11) is 0. The Morgan fingerprint density at radius 1 is 0.974 bits per heavy atom. The summed E-state index contributed by atoms with van der Waals surface area (Å²) in [6.07, 6.45) is 3.69. The Labute approximate surface area is 225 Å². The van der Waals surface area contributed by atoms with Crippen LogP contribution in [0.1, 0.15) is 35.7 Å². The van der Waals surface area contributed by atoms with Gasteiger partial charge in [0.05, 0.1) is 28.7 Å². The van der Waals surface area contributed by atoms with E-state index in [0.29, 0.717) is 16.3 Å². The average molecular weight is 522 g/mol. The molecule has 6 rings (SSSR count). The lowest BCUT2D eigenvalue weighted by atomic mass is 9.97. The average Bonchev–Trinajstić information content (AvgIpc) is 3.66. The molecule has 0 bridgehead atoms. The Bertz CT molecular complexity index is 1570. The van der Waals surface area contributed by atoms with Crippen molar-refractivity contribution < 1.29 is 9.59 Å². The maximum Gasteiger partial charge on any atom is 0.322 e. The van der Waals surface area contributed by atoms with Crippen LogP contribution >= 0.6 is 11.6 Å². The molecule has 38 heavy (non-hydrogen) atoms. The zero-order chi connectivity index (χ0) is 26.2. The minimum atomic E-state index is -0.388. The predicted octanol–water partition coefficient (Wildman–Crippen LogP) is 6.13. The van der Waals surface area contributed by atoms with Gasteiger partial charge in [0.25, 0.3) is 0 Å². The van der Waals surface area contributed by atoms with Crippen LogP contribution in [-0.4, -0.2) is 34.0 Å². The first kappa shape index (κ1) is 23.8. The molecule has 1 aliphatic heterocycles. The van der Waals surface area contributed by atoms with E-state index < -0.39 is 0 Å². The van der Waals surface area contributed by atoms with Gasteiger partial charge in [-0.05, 0) is 73.0 Å². The molecule has 0 saturated heterocycles. The highest BCUT2D eigenvalue weighted by atomic mass is 35.5. The number of carbonyl (C=O) groups is 2. The molecular formula is C30H24ClN5O2. The fourth-order valence-corrected chi connectivity index (χ4v) is 5.19. The molecule has 3 amide bonds. The molecule has 0 spiro atoms. The summed E-state index contributed by atoms with van der Waals surface area (Å²) in [6, 6.07) is 27.4. The fourth-order valence-electron chi connectivity index (χ4n) is 5.06. The number of amides is 3. The predicted molar refractivity (Wildman–Crippen MR) is 146 cm³/mol.